The van der Waals surface area contributed by atoms with E-state index in [1.54, 1.807) is 12.1 Å². The summed E-state index contributed by atoms with van der Waals surface area (Å²) in [6, 6.07) is 18.7. The summed E-state index contributed by atoms with van der Waals surface area (Å²) in [5.41, 5.74) is -5.03. The molecular weight excluding hydrogens is 503 g/mol. The number of aliphatic hydroxyl groups is 1. The summed E-state index contributed by atoms with van der Waals surface area (Å²) in [6.07, 6.45) is -11.9. The first-order chi connectivity index (χ1) is 17.4. The molecule has 0 spiro atoms. The molecule has 0 amide bonds. The monoisotopic (exact) mass is 527 g/mol. The molecule has 4 rings (SSSR count). The molecule has 0 unspecified atom stereocenters. The Bertz CT molecular complexity index is 1160. The van der Waals surface area contributed by atoms with Crippen molar-refractivity contribution in [3.8, 4) is 0 Å². The summed E-state index contributed by atoms with van der Waals surface area (Å²) in [5, 5.41) is 13.0. The third kappa shape index (κ3) is 5.10. The van der Waals surface area contributed by atoms with Crippen molar-refractivity contribution in [3.63, 3.8) is 0 Å². The molecule has 0 aromatic heterocycles. The third-order valence-electron chi connectivity index (χ3n) is 6.90. The number of hydrogen-bond donors (Lipinski definition) is 2. The number of halogens is 7. The molecule has 3 aromatic carbocycles. The van der Waals surface area contributed by atoms with Crippen LogP contribution < -0.4 is 5.32 Å². The van der Waals surface area contributed by atoms with Gasteiger partial charge in [-0.2, -0.15) is 26.3 Å². The predicted octanol–water partition coefficient (Wildman–Crippen LogP) is 5.98. The minimum Gasteiger partial charge on any atom is -0.376 e. The fraction of sp³-hybridized carbons (Fsp3) is 0.333. The van der Waals surface area contributed by atoms with Gasteiger partial charge >= 0.3 is 12.4 Å². The molecule has 2 N–H and O–H groups in total. The Morgan fingerprint density at radius 3 is 2.00 bits per heavy atom. The Labute approximate surface area is 208 Å². The van der Waals surface area contributed by atoms with E-state index in [-0.39, 0.29) is 13.2 Å². The van der Waals surface area contributed by atoms with Gasteiger partial charge in [-0.05, 0) is 28.8 Å². The molecule has 1 heterocycles. The molecule has 198 valence electrons. The van der Waals surface area contributed by atoms with Crippen molar-refractivity contribution >= 4 is 0 Å². The molecular formula is C27H24F7NO2. The first-order valence-corrected chi connectivity index (χ1v) is 11.4. The van der Waals surface area contributed by atoms with E-state index in [0.29, 0.717) is 36.3 Å². The van der Waals surface area contributed by atoms with E-state index in [2.05, 4.69) is 5.32 Å². The van der Waals surface area contributed by atoms with Crippen LogP contribution in [0.15, 0.2) is 78.9 Å². The van der Waals surface area contributed by atoms with Crippen LogP contribution in [0.5, 0.6) is 0 Å². The lowest BCUT2D eigenvalue weighted by atomic mass is 9.70. The van der Waals surface area contributed by atoms with Gasteiger partial charge in [0, 0.05) is 30.0 Å². The normalized spacial score (nSPS) is 20.8. The summed E-state index contributed by atoms with van der Waals surface area (Å²) in [5.74, 6) is -0.873. The van der Waals surface area contributed by atoms with Crippen LogP contribution in [-0.4, -0.2) is 37.2 Å². The number of ether oxygens (including phenoxy) is 1. The fourth-order valence-electron chi connectivity index (χ4n) is 4.88. The second kappa shape index (κ2) is 10.1. The Morgan fingerprint density at radius 1 is 0.838 bits per heavy atom. The molecule has 10 heteroatoms. The van der Waals surface area contributed by atoms with Gasteiger partial charge < -0.3 is 15.2 Å². The molecule has 1 aliphatic rings. The summed E-state index contributed by atoms with van der Waals surface area (Å²) in [7, 11) is 0. The van der Waals surface area contributed by atoms with E-state index in [9.17, 15) is 35.8 Å². The highest BCUT2D eigenvalue weighted by atomic mass is 19.4. The van der Waals surface area contributed by atoms with Gasteiger partial charge in [0.25, 0.3) is 5.60 Å². The van der Waals surface area contributed by atoms with Gasteiger partial charge in [0.05, 0.1) is 13.2 Å². The maximum absolute atomic E-state index is 13.7. The molecule has 3 nitrogen and oxygen atoms in total. The van der Waals surface area contributed by atoms with E-state index >= 15 is 0 Å². The highest BCUT2D eigenvalue weighted by Crippen LogP contribution is 2.50. The Morgan fingerprint density at radius 2 is 1.43 bits per heavy atom. The smallest absolute Gasteiger partial charge is 0.376 e. The Kier molecular flexibility index (Phi) is 7.38. The molecule has 2 atom stereocenters. The summed E-state index contributed by atoms with van der Waals surface area (Å²) < 4.78 is 99.6. The first kappa shape index (κ1) is 27.1. The van der Waals surface area contributed by atoms with E-state index < -0.39 is 40.7 Å². The zero-order chi connectivity index (χ0) is 26.9. The lowest BCUT2D eigenvalue weighted by molar-refractivity contribution is -0.376. The van der Waals surface area contributed by atoms with Crippen LogP contribution in [-0.2, 0) is 22.4 Å². The lowest BCUT2D eigenvalue weighted by Gasteiger charge is -2.36. The number of rotatable bonds is 7. The Balaban J connectivity index is 1.68. The topological polar surface area (TPSA) is 41.5 Å². The van der Waals surface area contributed by atoms with E-state index in [1.807, 2.05) is 30.3 Å². The highest BCUT2D eigenvalue weighted by Gasteiger charge is 2.71. The van der Waals surface area contributed by atoms with E-state index in [4.69, 9.17) is 4.74 Å². The molecule has 37 heavy (non-hydrogen) atoms. The highest BCUT2D eigenvalue weighted by molar-refractivity contribution is 5.40. The van der Waals surface area contributed by atoms with Crippen molar-refractivity contribution in [1.29, 1.82) is 0 Å². The van der Waals surface area contributed by atoms with Gasteiger partial charge in [-0.1, -0.05) is 66.7 Å². The molecule has 1 saturated heterocycles. The second-order valence-electron chi connectivity index (χ2n) is 9.15. The van der Waals surface area contributed by atoms with Gasteiger partial charge in [-0.25, -0.2) is 4.39 Å². The predicted molar refractivity (Wildman–Crippen MR) is 122 cm³/mol. The quantitative estimate of drug-likeness (QED) is 0.372. The van der Waals surface area contributed by atoms with Crippen LogP contribution in [0.4, 0.5) is 30.7 Å². The SMILES string of the molecule is OC(c1ccc([C@@H]2CNC[C@]2(COCc2ccccc2)c2ccc(F)cc2)cc1)(C(F)(F)F)C(F)(F)F. The van der Waals surface area contributed by atoms with Gasteiger partial charge in [0.15, 0.2) is 0 Å². The first-order valence-electron chi connectivity index (χ1n) is 11.4. The summed E-state index contributed by atoms with van der Waals surface area (Å²) in [4.78, 5) is 0. The molecule has 0 aliphatic carbocycles. The standard InChI is InChI=1S/C27H24F7NO2/c28-22-12-10-20(11-13-22)24(17-37-15-18-4-2-1-3-5-18)16-35-14-23(24)19-6-8-21(9-7-19)25(36,26(29,30)31)27(32,33)34/h1-13,23,35-36H,14-17H2/t23-,24-/m0/s1. The minimum atomic E-state index is -5.97. The molecule has 0 bridgehead atoms. The second-order valence-corrected chi connectivity index (χ2v) is 9.15. The van der Waals surface area contributed by atoms with Gasteiger partial charge in [-0.3, -0.25) is 0 Å². The van der Waals surface area contributed by atoms with Crippen molar-refractivity contribution < 1.29 is 40.6 Å². The van der Waals surface area contributed by atoms with Crippen molar-refractivity contribution in [1.82, 2.24) is 5.32 Å². The largest absolute Gasteiger partial charge is 0.430 e. The molecule has 1 fully saturated rings. The average Bonchev–Trinajstić information content (AvgIpc) is 3.28. The minimum absolute atomic E-state index is 0.155. The molecule has 3 aromatic rings. The molecule has 0 radical (unpaired) electrons. The Hall–Kier alpha value is -2.95. The molecule has 0 saturated carbocycles. The average molecular weight is 527 g/mol. The maximum atomic E-state index is 13.7. The van der Waals surface area contributed by atoms with Crippen molar-refractivity contribution in [3.05, 3.63) is 107 Å². The van der Waals surface area contributed by atoms with Crippen LogP contribution in [0, 0.1) is 5.82 Å². The van der Waals surface area contributed by atoms with Crippen LogP contribution >= 0.6 is 0 Å². The maximum Gasteiger partial charge on any atom is 0.430 e. The van der Waals surface area contributed by atoms with Crippen LogP contribution in [0.2, 0.25) is 0 Å². The van der Waals surface area contributed by atoms with Crippen molar-refractivity contribution in [2.75, 3.05) is 19.7 Å². The van der Waals surface area contributed by atoms with Gasteiger partial charge in [0.2, 0.25) is 0 Å². The van der Waals surface area contributed by atoms with E-state index in [0.717, 1.165) is 17.7 Å². The molecule has 1 aliphatic heterocycles. The van der Waals surface area contributed by atoms with E-state index in [1.165, 1.54) is 12.1 Å². The third-order valence-corrected chi connectivity index (χ3v) is 6.90. The number of benzene rings is 3. The lowest BCUT2D eigenvalue weighted by Crippen LogP contribution is -2.53. The van der Waals surface area contributed by atoms with Gasteiger partial charge in [0.1, 0.15) is 5.82 Å². The number of alkyl halides is 6. The zero-order valence-electron chi connectivity index (χ0n) is 19.4. The van der Waals surface area contributed by atoms with Gasteiger partial charge in [-0.15, -0.1) is 0 Å². The summed E-state index contributed by atoms with van der Waals surface area (Å²) >= 11 is 0. The van der Waals surface area contributed by atoms with Crippen molar-refractivity contribution in [2.45, 2.75) is 35.9 Å². The number of nitrogens with one attached hydrogen (secondary N) is 1. The van der Waals surface area contributed by atoms with Crippen LogP contribution in [0.25, 0.3) is 0 Å². The zero-order valence-corrected chi connectivity index (χ0v) is 19.4. The van der Waals surface area contributed by atoms with Crippen molar-refractivity contribution in [2.24, 2.45) is 0 Å². The van der Waals surface area contributed by atoms with Crippen LogP contribution in [0.1, 0.15) is 28.2 Å². The fourth-order valence-corrected chi connectivity index (χ4v) is 4.88. The number of hydrogen-bond acceptors (Lipinski definition) is 3. The summed E-state index contributed by atoms with van der Waals surface area (Å²) in [6.45, 7) is 1.17. The van der Waals surface area contributed by atoms with Crippen LogP contribution in [0.3, 0.4) is 0 Å².